The van der Waals surface area contributed by atoms with Gasteiger partial charge in [0.05, 0.1) is 7.11 Å². The van der Waals surface area contributed by atoms with E-state index in [-0.39, 0.29) is 5.97 Å². The summed E-state index contributed by atoms with van der Waals surface area (Å²) in [5.74, 6) is 2.83. The lowest BCUT2D eigenvalue weighted by atomic mass is 9.71. The Bertz CT molecular complexity index is 310. The highest BCUT2D eigenvalue weighted by Crippen LogP contribution is 2.86. The highest BCUT2D eigenvalue weighted by atomic mass is 16.5. The van der Waals surface area contributed by atoms with Crippen molar-refractivity contribution in [3.05, 3.63) is 0 Å². The molecule has 4 rings (SSSR count). The summed E-state index contributed by atoms with van der Waals surface area (Å²) in [6.07, 6.45) is 4.50. The molecule has 4 bridgehead atoms. The van der Waals surface area contributed by atoms with Crippen LogP contribution in [0.2, 0.25) is 0 Å². The molecule has 3 unspecified atom stereocenters. The molecule has 0 aromatic heterocycles. The van der Waals surface area contributed by atoms with Crippen molar-refractivity contribution >= 4 is 5.97 Å². The van der Waals surface area contributed by atoms with E-state index in [0.29, 0.717) is 17.3 Å². The normalized spacial score (nSPS) is 54.5. The molecule has 4 aliphatic rings. The largest absolute Gasteiger partial charge is 0.469 e. The number of carbonyl (C=O) groups excluding carboxylic acids is 1. The topological polar surface area (TPSA) is 26.3 Å². The number of hydrogen-bond acceptors (Lipinski definition) is 2. The monoisotopic (exact) mass is 208 g/mol. The van der Waals surface area contributed by atoms with E-state index in [1.807, 2.05) is 0 Å². The lowest BCUT2D eigenvalue weighted by Crippen LogP contribution is -2.28. The van der Waals surface area contributed by atoms with Crippen LogP contribution in [0.25, 0.3) is 0 Å². The van der Waals surface area contributed by atoms with Gasteiger partial charge in [-0.2, -0.15) is 0 Å². The van der Waals surface area contributed by atoms with Gasteiger partial charge in [0.25, 0.3) is 0 Å². The maximum absolute atomic E-state index is 11.2. The molecular formula is C13H20O2. The van der Waals surface area contributed by atoms with Crippen molar-refractivity contribution in [3.8, 4) is 0 Å². The van der Waals surface area contributed by atoms with Crippen LogP contribution >= 0.6 is 0 Å². The maximum Gasteiger partial charge on any atom is 0.305 e. The number of esters is 1. The maximum atomic E-state index is 11.2. The molecule has 0 spiro atoms. The van der Waals surface area contributed by atoms with E-state index >= 15 is 0 Å². The van der Waals surface area contributed by atoms with Gasteiger partial charge in [-0.3, -0.25) is 4.79 Å². The molecule has 0 amide bonds. The Labute approximate surface area is 91.4 Å². The van der Waals surface area contributed by atoms with E-state index < -0.39 is 0 Å². The average molecular weight is 208 g/mol. The zero-order chi connectivity index (χ0) is 10.8. The predicted molar refractivity (Wildman–Crippen MR) is 57.2 cm³/mol. The molecule has 0 aromatic rings. The third kappa shape index (κ3) is 0.896. The zero-order valence-electron chi connectivity index (χ0n) is 9.88. The second kappa shape index (κ2) is 2.58. The fourth-order valence-electron chi connectivity index (χ4n) is 4.97. The summed E-state index contributed by atoms with van der Waals surface area (Å²) in [7, 11) is 1.49. The van der Waals surface area contributed by atoms with Crippen molar-refractivity contribution in [1.82, 2.24) is 0 Å². The first kappa shape index (κ1) is 9.68. The Morgan fingerprint density at radius 1 is 1.33 bits per heavy atom. The molecule has 0 saturated heterocycles. The number of rotatable bonds is 3. The van der Waals surface area contributed by atoms with E-state index in [2.05, 4.69) is 13.8 Å². The van der Waals surface area contributed by atoms with Gasteiger partial charge in [0.1, 0.15) is 0 Å². The van der Waals surface area contributed by atoms with E-state index in [1.54, 1.807) is 0 Å². The van der Waals surface area contributed by atoms with Crippen LogP contribution in [0.5, 0.6) is 0 Å². The van der Waals surface area contributed by atoms with E-state index in [4.69, 9.17) is 4.74 Å². The Morgan fingerprint density at radius 2 is 1.93 bits per heavy atom. The Balaban J connectivity index is 1.73. The van der Waals surface area contributed by atoms with E-state index in [1.165, 1.54) is 20.0 Å². The van der Waals surface area contributed by atoms with Crippen molar-refractivity contribution in [3.63, 3.8) is 0 Å². The van der Waals surface area contributed by atoms with E-state index in [9.17, 15) is 4.79 Å². The lowest BCUT2D eigenvalue weighted by molar-refractivity contribution is -0.141. The third-order valence-electron chi connectivity index (χ3n) is 6.20. The van der Waals surface area contributed by atoms with Crippen LogP contribution in [0.3, 0.4) is 0 Å². The fraction of sp³-hybridized carbons (Fsp3) is 0.923. The molecule has 0 aliphatic heterocycles. The van der Waals surface area contributed by atoms with Gasteiger partial charge in [0.2, 0.25) is 0 Å². The van der Waals surface area contributed by atoms with Gasteiger partial charge in [-0.05, 0) is 47.8 Å². The van der Waals surface area contributed by atoms with Crippen LogP contribution in [0.4, 0.5) is 0 Å². The third-order valence-corrected chi connectivity index (χ3v) is 6.20. The Hall–Kier alpha value is -0.530. The SMILES string of the molecule is COC(=O)CCC1(C)C2CC3C(C2)C31C. The van der Waals surface area contributed by atoms with Crippen molar-refractivity contribution in [2.45, 2.75) is 39.5 Å². The van der Waals surface area contributed by atoms with Gasteiger partial charge in [-0.25, -0.2) is 0 Å². The highest BCUT2D eigenvalue weighted by Gasteiger charge is 2.80. The Morgan fingerprint density at radius 3 is 2.33 bits per heavy atom. The molecule has 3 atom stereocenters. The summed E-state index contributed by atoms with van der Waals surface area (Å²) < 4.78 is 4.75. The lowest BCUT2D eigenvalue weighted by Gasteiger charge is -2.33. The summed E-state index contributed by atoms with van der Waals surface area (Å²) in [6, 6.07) is 0. The minimum absolute atomic E-state index is 0.0406. The standard InChI is InChI=1S/C13H20O2/c1-12(5-4-11(14)15-3)8-6-9-10(7-8)13(9,12)2/h8-10H,4-7H2,1-3H3. The predicted octanol–water partition coefficient (Wildman–Crippen LogP) is 2.62. The van der Waals surface area contributed by atoms with Crippen LogP contribution in [0.15, 0.2) is 0 Å². The van der Waals surface area contributed by atoms with Gasteiger partial charge in [-0.1, -0.05) is 13.8 Å². The number of hydrogen-bond donors (Lipinski definition) is 0. The minimum atomic E-state index is -0.0406. The molecule has 4 aliphatic carbocycles. The zero-order valence-corrected chi connectivity index (χ0v) is 9.88. The average Bonchev–Trinajstić information content (AvgIpc) is 2.61. The second-order valence-electron chi connectivity index (χ2n) is 6.16. The molecule has 0 radical (unpaired) electrons. The van der Waals surface area contributed by atoms with Crippen molar-refractivity contribution in [2.75, 3.05) is 7.11 Å². The molecular weight excluding hydrogens is 188 g/mol. The van der Waals surface area contributed by atoms with Gasteiger partial charge >= 0.3 is 5.97 Å². The molecule has 0 heterocycles. The van der Waals surface area contributed by atoms with E-state index in [0.717, 1.165) is 24.2 Å². The minimum Gasteiger partial charge on any atom is -0.469 e. The molecule has 2 nitrogen and oxygen atoms in total. The smallest absolute Gasteiger partial charge is 0.305 e. The van der Waals surface area contributed by atoms with Crippen molar-refractivity contribution in [2.24, 2.45) is 28.6 Å². The molecule has 4 fully saturated rings. The van der Waals surface area contributed by atoms with Gasteiger partial charge in [0.15, 0.2) is 0 Å². The summed E-state index contributed by atoms with van der Waals surface area (Å²) in [5, 5.41) is 0. The van der Waals surface area contributed by atoms with Crippen LogP contribution in [-0.4, -0.2) is 13.1 Å². The van der Waals surface area contributed by atoms with Gasteiger partial charge < -0.3 is 4.74 Å². The van der Waals surface area contributed by atoms with Crippen LogP contribution < -0.4 is 0 Å². The van der Waals surface area contributed by atoms with Crippen LogP contribution in [-0.2, 0) is 9.53 Å². The van der Waals surface area contributed by atoms with Crippen molar-refractivity contribution < 1.29 is 9.53 Å². The number of ether oxygens (including phenoxy) is 1. The molecule has 2 heteroatoms. The summed E-state index contributed by atoms with van der Waals surface area (Å²) in [4.78, 5) is 11.2. The van der Waals surface area contributed by atoms with Crippen LogP contribution in [0.1, 0.15) is 39.5 Å². The summed E-state index contributed by atoms with van der Waals surface area (Å²) >= 11 is 0. The second-order valence-corrected chi connectivity index (χ2v) is 6.16. The highest BCUT2D eigenvalue weighted by molar-refractivity contribution is 5.69. The van der Waals surface area contributed by atoms with Crippen molar-refractivity contribution in [1.29, 1.82) is 0 Å². The fourth-order valence-corrected chi connectivity index (χ4v) is 4.97. The Kier molecular flexibility index (Phi) is 1.67. The first-order valence-corrected chi connectivity index (χ1v) is 6.11. The molecule has 0 aromatic carbocycles. The van der Waals surface area contributed by atoms with Gasteiger partial charge in [0, 0.05) is 6.42 Å². The first-order valence-electron chi connectivity index (χ1n) is 6.11. The molecule has 84 valence electrons. The number of methoxy groups -OCH3 is 1. The quantitative estimate of drug-likeness (QED) is 0.666. The first-order chi connectivity index (χ1) is 7.04. The van der Waals surface area contributed by atoms with Gasteiger partial charge in [-0.15, -0.1) is 0 Å². The van der Waals surface area contributed by atoms with Crippen LogP contribution in [0, 0.1) is 28.6 Å². The summed E-state index contributed by atoms with van der Waals surface area (Å²) in [6.45, 7) is 4.86. The summed E-state index contributed by atoms with van der Waals surface area (Å²) in [5.41, 5.74) is 1.00. The number of carbonyl (C=O) groups is 1. The molecule has 15 heavy (non-hydrogen) atoms. The molecule has 4 saturated carbocycles. The molecule has 0 N–H and O–H groups in total.